The predicted molar refractivity (Wildman–Crippen MR) is 70.9 cm³/mol. The molecule has 19 heavy (non-hydrogen) atoms. The molecule has 0 aromatic carbocycles. The number of hydrogen-bond donors (Lipinski definition) is 1. The van der Waals surface area contributed by atoms with Crippen molar-refractivity contribution in [1.29, 1.82) is 0 Å². The van der Waals surface area contributed by atoms with Crippen molar-refractivity contribution in [3.8, 4) is 0 Å². The third-order valence-corrected chi connectivity index (χ3v) is 3.11. The van der Waals surface area contributed by atoms with Crippen molar-refractivity contribution in [2.75, 3.05) is 33.2 Å². The number of amides is 4. The molecule has 0 saturated carbocycles. The first kappa shape index (κ1) is 15.3. The molecule has 0 aromatic heterocycles. The van der Waals surface area contributed by atoms with Crippen molar-refractivity contribution in [2.45, 2.75) is 13.8 Å². The first-order chi connectivity index (χ1) is 9.01. The van der Waals surface area contributed by atoms with Crippen molar-refractivity contribution < 1.29 is 14.4 Å². The number of aliphatic imine (C=N–C) groups is 1. The van der Waals surface area contributed by atoms with Gasteiger partial charge in [0.2, 0.25) is 11.8 Å². The minimum atomic E-state index is -1.00. The number of carbonyl (C=O) groups is 3. The molecule has 0 radical (unpaired) electrons. The van der Waals surface area contributed by atoms with Crippen molar-refractivity contribution in [1.82, 2.24) is 15.1 Å². The van der Waals surface area contributed by atoms with Gasteiger partial charge in [-0.3, -0.25) is 24.8 Å². The fourth-order valence-electron chi connectivity index (χ4n) is 1.74. The lowest BCUT2D eigenvalue weighted by molar-refractivity contribution is -0.138. The number of urea groups is 1. The summed E-state index contributed by atoms with van der Waals surface area (Å²) in [7, 11) is 1.33. The molecule has 1 saturated heterocycles. The highest BCUT2D eigenvalue weighted by Crippen LogP contribution is 2.06. The number of carbonyl (C=O) groups excluding carboxylic acids is 3. The molecule has 1 aliphatic rings. The zero-order valence-corrected chi connectivity index (χ0v) is 11.5. The number of nitrogens with zero attached hydrogens (tertiary/aromatic N) is 3. The number of likely N-dealkylation sites (N-methyl/N-ethyl adjacent to an activating group) is 1. The number of hydrogen-bond acceptors (Lipinski definition) is 5. The Balaban J connectivity index is 2.53. The first-order valence-corrected chi connectivity index (χ1v) is 6.35. The number of imide groups is 2. The molecule has 0 aliphatic carbocycles. The molecule has 0 aromatic rings. The van der Waals surface area contributed by atoms with Gasteiger partial charge in [-0.25, -0.2) is 4.79 Å². The molecule has 1 N–H and O–H groups in total. The summed E-state index contributed by atoms with van der Waals surface area (Å²) in [5, 5.41) is 2.11. The van der Waals surface area contributed by atoms with Crippen LogP contribution in [-0.4, -0.2) is 67.1 Å². The Kier molecular flexibility index (Phi) is 5.62. The van der Waals surface area contributed by atoms with Gasteiger partial charge in [-0.2, -0.15) is 0 Å². The molecular formula is C12H20N4O3. The van der Waals surface area contributed by atoms with Crippen LogP contribution in [-0.2, 0) is 9.59 Å². The second kappa shape index (κ2) is 6.98. The van der Waals surface area contributed by atoms with E-state index in [-0.39, 0.29) is 0 Å². The summed E-state index contributed by atoms with van der Waals surface area (Å²) in [6.07, 6.45) is 1.32. The molecule has 1 atom stereocenters. The highest BCUT2D eigenvalue weighted by Gasteiger charge is 2.37. The molecule has 0 spiro atoms. The topological polar surface area (TPSA) is 82.1 Å². The second-order valence-corrected chi connectivity index (χ2v) is 4.25. The normalized spacial score (nSPS) is 20.5. The van der Waals surface area contributed by atoms with E-state index < -0.39 is 23.8 Å². The van der Waals surface area contributed by atoms with Gasteiger partial charge in [0.1, 0.15) is 0 Å². The van der Waals surface area contributed by atoms with Gasteiger partial charge in [-0.05, 0) is 13.1 Å². The number of barbiturate groups is 1. The summed E-state index contributed by atoms with van der Waals surface area (Å²) in [5.41, 5.74) is 0. The summed E-state index contributed by atoms with van der Waals surface area (Å²) in [6, 6.07) is -0.692. The maximum absolute atomic E-state index is 11.7. The Morgan fingerprint density at radius 3 is 2.53 bits per heavy atom. The van der Waals surface area contributed by atoms with Crippen molar-refractivity contribution in [3.63, 3.8) is 0 Å². The third-order valence-electron chi connectivity index (χ3n) is 3.11. The largest absolute Gasteiger partial charge is 0.330 e. The quantitative estimate of drug-likeness (QED) is 0.531. The first-order valence-electron chi connectivity index (χ1n) is 6.35. The van der Waals surface area contributed by atoms with E-state index in [9.17, 15) is 14.4 Å². The summed E-state index contributed by atoms with van der Waals surface area (Å²) in [5.74, 6) is -2.15. The van der Waals surface area contributed by atoms with E-state index in [1.165, 1.54) is 13.3 Å². The smallest absolute Gasteiger partial charge is 0.302 e. The van der Waals surface area contributed by atoms with E-state index in [1.807, 2.05) is 0 Å². The van der Waals surface area contributed by atoms with E-state index in [2.05, 4.69) is 29.1 Å². The van der Waals surface area contributed by atoms with Crippen LogP contribution in [0, 0.1) is 5.92 Å². The molecule has 106 valence electrons. The lowest BCUT2D eigenvalue weighted by Gasteiger charge is -2.24. The van der Waals surface area contributed by atoms with Crippen molar-refractivity contribution >= 4 is 24.1 Å². The minimum Gasteiger partial charge on any atom is -0.302 e. The van der Waals surface area contributed by atoms with Gasteiger partial charge >= 0.3 is 6.03 Å². The van der Waals surface area contributed by atoms with Gasteiger partial charge in [-0.1, -0.05) is 13.8 Å². The van der Waals surface area contributed by atoms with Crippen LogP contribution in [0.5, 0.6) is 0 Å². The standard InChI is InChI=1S/C12H20N4O3/c1-4-16(5-2)7-6-13-8-9-10(17)14-12(19)15(3)11(9)18/h8-9H,4-7H2,1-3H3,(H,14,17,19). The van der Waals surface area contributed by atoms with Crippen LogP contribution in [0.3, 0.4) is 0 Å². The lowest BCUT2D eigenvalue weighted by atomic mass is 10.1. The minimum absolute atomic E-state index is 0.524. The van der Waals surface area contributed by atoms with Gasteiger partial charge in [0, 0.05) is 19.8 Å². The van der Waals surface area contributed by atoms with E-state index in [4.69, 9.17) is 0 Å². The fourth-order valence-corrected chi connectivity index (χ4v) is 1.74. The summed E-state index contributed by atoms with van der Waals surface area (Å²) in [4.78, 5) is 41.6. The Hall–Kier alpha value is -1.76. The molecule has 1 heterocycles. The van der Waals surface area contributed by atoms with Gasteiger partial charge in [0.25, 0.3) is 0 Å². The third kappa shape index (κ3) is 3.85. The van der Waals surface area contributed by atoms with Crippen LogP contribution in [0.4, 0.5) is 4.79 Å². The van der Waals surface area contributed by atoms with Crippen LogP contribution in [0.15, 0.2) is 4.99 Å². The highest BCUT2D eigenvalue weighted by atomic mass is 16.2. The molecule has 1 aliphatic heterocycles. The van der Waals surface area contributed by atoms with Crippen molar-refractivity contribution in [3.05, 3.63) is 0 Å². The van der Waals surface area contributed by atoms with Crippen molar-refractivity contribution in [2.24, 2.45) is 10.9 Å². The maximum atomic E-state index is 11.7. The number of rotatable bonds is 6. The second-order valence-electron chi connectivity index (χ2n) is 4.25. The van der Waals surface area contributed by atoms with Crippen LogP contribution >= 0.6 is 0 Å². The van der Waals surface area contributed by atoms with Crippen LogP contribution in [0.2, 0.25) is 0 Å². The zero-order chi connectivity index (χ0) is 14.4. The lowest BCUT2D eigenvalue weighted by Crippen LogP contribution is -2.56. The predicted octanol–water partition coefficient (Wildman–Crippen LogP) is -0.277. The number of nitrogens with one attached hydrogen (secondary N) is 1. The van der Waals surface area contributed by atoms with Gasteiger partial charge < -0.3 is 4.90 Å². The Bertz CT molecular complexity index is 390. The fraction of sp³-hybridized carbons (Fsp3) is 0.667. The van der Waals surface area contributed by atoms with E-state index in [0.29, 0.717) is 6.54 Å². The van der Waals surface area contributed by atoms with E-state index >= 15 is 0 Å². The molecule has 1 rings (SSSR count). The van der Waals surface area contributed by atoms with Crippen LogP contribution in [0.1, 0.15) is 13.8 Å². The SMILES string of the molecule is CCN(CC)CCN=CC1C(=O)NC(=O)N(C)C1=O. The highest BCUT2D eigenvalue weighted by molar-refractivity contribution is 6.23. The molecule has 7 nitrogen and oxygen atoms in total. The average Bonchev–Trinajstić information content (AvgIpc) is 2.39. The Labute approximate surface area is 112 Å². The average molecular weight is 268 g/mol. The molecule has 1 fully saturated rings. The zero-order valence-electron chi connectivity index (χ0n) is 11.5. The Morgan fingerprint density at radius 1 is 1.32 bits per heavy atom. The molecular weight excluding hydrogens is 248 g/mol. The van der Waals surface area contributed by atoms with E-state index in [1.54, 1.807) is 0 Å². The van der Waals surface area contributed by atoms with Gasteiger partial charge in [0.15, 0.2) is 5.92 Å². The maximum Gasteiger partial charge on any atom is 0.330 e. The van der Waals surface area contributed by atoms with Gasteiger partial charge in [0.05, 0.1) is 6.54 Å². The van der Waals surface area contributed by atoms with E-state index in [0.717, 1.165) is 24.5 Å². The van der Waals surface area contributed by atoms with Crippen LogP contribution in [0.25, 0.3) is 0 Å². The molecule has 7 heteroatoms. The Morgan fingerprint density at radius 2 is 1.95 bits per heavy atom. The molecule has 4 amide bonds. The summed E-state index contributed by atoms with van der Waals surface area (Å²) < 4.78 is 0. The monoisotopic (exact) mass is 268 g/mol. The molecule has 1 unspecified atom stereocenters. The summed E-state index contributed by atoms with van der Waals surface area (Å²) >= 11 is 0. The molecule has 0 bridgehead atoms. The van der Waals surface area contributed by atoms with Crippen LogP contribution < -0.4 is 5.32 Å². The summed E-state index contributed by atoms with van der Waals surface area (Å²) in [6.45, 7) is 7.30. The van der Waals surface area contributed by atoms with Gasteiger partial charge in [-0.15, -0.1) is 0 Å².